The Balaban J connectivity index is 1.51. The van der Waals surface area contributed by atoms with E-state index in [1.165, 1.54) is 38.6 Å². The molecule has 2 saturated heterocycles. The first-order valence-electron chi connectivity index (χ1n) is 8.02. The largest absolute Gasteiger partial charge is 0.381 e. The predicted octanol–water partition coefficient (Wildman–Crippen LogP) is 2.62. The molecule has 0 aliphatic carbocycles. The molecule has 2 unspecified atom stereocenters. The maximum Gasteiger partial charge on any atom is 0.128 e. The third kappa shape index (κ3) is 3.42. The highest BCUT2D eigenvalue weighted by atomic mass is 15.2. The maximum atomic E-state index is 4.59. The third-order valence-corrected chi connectivity index (χ3v) is 4.39. The molecule has 0 bridgehead atoms. The van der Waals surface area contributed by atoms with Crippen molar-refractivity contribution in [2.24, 2.45) is 0 Å². The molecule has 1 aromatic rings. The molecule has 0 saturated carbocycles. The summed E-state index contributed by atoms with van der Waals surface area (Å²) in [7, 11) is 0. The highest BCUT2D eigenvalue weighted by molar-refractivity contribution is 5.49. The van der Waals surface area contributed by atoms with Gasteiger partial charge in [-0.15, -0.1) is 0 Å². The van der Waals surface area contributed by atoms with Crippen molar-refractivity contribution in [3.63, 3.8) is 0 Å². The summed E-state index contributed by atoms with van der Waals surface area (Å²) in [6.07, 6.45) is 8.40. The normalized spacial score (nSPS) is 24.1. The Morgan fingerprint density at radius 1 is 1.35 bits per heavy atom. The number of anilines is 2. The van der Waals surface area contributed by atoms with Gasteiger partial charge >= 0.3 is 0 Å². The Labute approximate surface area is 122 Å². The highest BCUT2D eigenvalue weighted by Crippen LogP contribution is 2.20. The van der Waals surface area contributed by atoms with Crippen LogP contribution in [0.1, 0.15) is 39.0 Å². The average molecular weight is 274 g/mol. The van der Waals surface area contributed by atoms with Crippen LogP contribution in [0.5, 0.6) is 0 Å². The molecule has 3 heterocycles. The van der Waals surface area contributed by atoms with E-state index in [1.807, 2.05) is 6.20 Å². The van der Waals surface area contributed by atoms with Gasteiger partial charge in [0.2, 0.25) is 0 Å². The quantitative estimate of drug-likeness (QED) is 0.866. The molecule has 2 aliphatic heterocycles. The molecule has 2 N–H and O–H groups in total. The van der Waals surface area contributed by atoms with Crippen LogP contribution in [-0.2, 0) is 0 Å². The number of nitrogens with zero attached hydrogens (tertiary/aromatic N) is 2. The molecule has 20 heavy (non-hydrogen) atoms. The minimum absolute atomic E-state index is 0.491. The van der Waals surface area contributed by atoms with Gasteiger partial charge in [0.15, 0.2) is 0 Å². The Morgan fingerprint density at radius 2 is 2.20 bits per heavy atom. The molecule has 0 aromatic carbocycles. The number of pyridine rings is 1. The highest BCUT2D eigenvalue weighted by Gasteiger charge is 2.17. The molecule has 3 rings (SSSR count). The van der Waals surface area contributed by atoms with Crippen LogP contribution in [-0.4, -0.2) is 36.7 Å². The van der Waals surface area contributed by atoms with Gasteiger partial charge in [-0.1, -0.05) is 0 Å². The molecule has 0 radical (unpaired) electrons. The lowest BCUT2D eigenvalue weighted by molar-refractivity contribution is 0.523. The van der Waals surface area contributed by atoms with Crippen LogP contribution in [0.2, 0.25) is 0 Å². The van der Waals surface area contributed by atoms with Crippen LogP contribution in [0.25, 0.3) is 0 Å². The molecule has 2 atom stereocenters. The van der Waals surface area contributed by atoms with E-state index in [2.05, 4.69) is 39.6 Å². The summed E-state index contributed by atoms with van der Waals surface area (Å²) in [4.78, 5) is 6.96. The fraction of sp³-hybridized carbons (Fsp3) is 0.688. The molecule has 0 spiro atoms. The van der Waals surface area contributed by atoms with Crippen molar-refractivity contribution in [1.82, 2.24) is 10.3 Å². The van der Waals surface area contributed by atoms with Gasteiger partial charge in [-0.3, -0.25) is 0 Å². The number of aromatic nitrogens is 1. The molecule has 0 amide bonds. The van der Waals surface area contributed by atoms with Gasteiger partial charge in [0.1, 0.15) is 5.82 Å². The summed E-state index contributed by atoms with van der Waals surface area (Å²) in [5.41, 5.74) is 1.14. The summed E-state index contributed by atoms with van der Waals surface area (Å²) < 4.78 is 0. The second-order valence-electron chi connectivity index (χ2n) is 6.17. The van der Waals surface area contributed by atoms with Crippen molar-refractivity contribution in [2.45, 2.75) is 51.1 Å². The van der Waals surface area contributed by atoms with Crippen molar-refractivity contribution < 1.29 is 0 Å². The monoisotopic (exact) mass is 274 g/mol. The van der Waals surface area contributed by atoms with Gasteiger partial charge < -0.3 is 15.5 Å². The van der Waals surface area contributed by atoms with Gasteiger partial charge in [-0.25, -0.2) is 4.98 Å². The van der Waals surface area contributed by atoms with Crippen LogP contribution in [0, 0.1) is 0 Å². The zero-order valence-electron chi connectivity index (χ0n) is 12.4. The van der Waals surface area contributed by atoms with E-state index in [0.717, 1.165) is 24.6 Å². The standard InChI is InChI=1S/C16H26N4/c1-13(11-14-5-4-8-17-14)19-15-6-7-16(18-12-15)20-9-2-3-10-20/h6-7,12-14,17,19H,2-5,8-11H2,1H3. The molecular formula is C16H26N4. The zero-order valence-corrected chi connectivity index (χ0v) is 12.4. The predicted molar refractivity (Wildman–Crippen MR) is 84.4 cm³/mol. The van der Waals surface area contributed by atoms with Crippen molar-refractivity contribution >= 4 is 11.5 Å². The fourth-order valence-electron chi connectivity index (χ4n) is 3.33. The number of rotatable bonds is 5. The summed E-state index contributed by atoms with van der Waals surface area (Å²) in [5, 5.41) is 7.12. The Hall–Kier alpha value is -1.29. The van der Waals surface area contributed by atoms with E-state index < -0.39 is 0 Å². The Morgan fingerprint density at radius 3 is 2.85 bits per heavy atom. The van der Waals surface area contributed by atoms with Crippen LogP contribution >= 0.6 is 0 Å². The van der Waals surface area contributed by atoms with Gasteiger partial charge in [-0.2, -0.15) is 0 Å². The van der Waals surface area contributed by atoms with Crippen LogP contribution in [0.3, 0.4) is 0 Å². The zero-order chi connectivity index (χ0) is 13.8. The van der Waals surface area contributed by atoms with E-state index in [4.69, 9.17) is 0 Å². The van der Waals surface area contributed by atoms with Crippen LogP contribution in [0.15, 0.2) is 18.3 Å². The van der Waals surface area contributed by atoms with E-state index in [0.29, 0.717) is 12.1 Å². The molecule has 4 heteroatoms. The summed E-state index contributed by atoms with van der Waals surface area (Å²) in [6.45, 7) is 5.75. The number of nitrogens with one attached hydrogen (secondary N) is 2. The van der Waals surface area contributed by atoms with Crippen molar-refractivity contribution in [3.05, 3.63) is 18.3 Å². The lowest BCUT2D eigenvalue weighted by Gasteiger charge is -2.20. The van der Waals surface area contributed by atoms with Crippen molar-refractivity contribution in [2.75, 3.05) is 29.9 Å². The summed E-state index contributed by atoms with van der Waals surface area (Å²) >= 11 is 0. The average Bonchev–Trinajstić information content (AvgIpc) is 3.12. The topological polar surface area (TPSA) is 40.2 Å². The second kappa shape index (κ2) is 6.44. The van der Waals surface area contributed by atoms with Gasteiger partial charge in [-0.05, 0) is 57.7 Å². The van der Waals surface area contributed by atoms with Gasteiger partial charge in [0.05, 0.1) is 11.9 Å². The minimum atomic E-state index is 0.491. The lowest BCUT2D eigenvalue weighted by atomic mass is 10.1. The molecular weight excluding hydrogens is 248 g/mol. The first-order chi connectivity index (χ1) is 9.81. The van der Waals surface area contributed by atoms with E-state index in [1.54, 1.807) is 0 Å². The van der Waals surface area contributed by atoms with E-state index in [-0.39, 0.29) is 0 Å². The maximum absolute atomic E-state index is 4.59. The molecule has 2 fully saturated rings. The minimum Gasteiger partial charge on any atom is -0.381 e. The fourth-order valence-corrected chi connectivity index (χ4v) is 3.33. The molecule has 110 valence electrons. The van der Waals surface area contributed by atoms with E-state index in [9.17, 15) is 0 Å². The summed E-state index contributed by atoms with van der Waals surface area (Å²) in [6, 6.07) is 5.49. The van der Waals surface area contributed by atoms with Gasteiger partial charge in [0, 0.05) is 25.2 Å². The number of hydrogen-bond donors (Lipinski definition) is 2. The smallest absolute Gasteiger partial charge is 0.128 e. The SMILES string of the molecule is CC(CC1CCCN1)Nc1ccc(N2CCCC2)nc1. The Kier molecular flexibility index (Phi) is 4.41. The van der Waals surface area contributed by atoms with Crippen molar-refractivity contribution in [3.8, 4) is 0 Å². The van der Waals surface area contributed by atoms with Crippen LogP contribution < -0.4 is 15.5 Å². The first-order valence-corrected chi connectivity index (χ1v) is 8.02. The molecule has 2 aliphatic rings. The first kappa shape index (κ1) is 13.7. The summed E-state index contributed by atoms with van der Waals surface area (Å²) in [5.74, 6) is 1.12. The second-order valence-corrected chi connectivity index (χ2v) is 6.17. The Bertz CT molecular complexity index is 405. The number of hydrogen-bond acceptors (Lipinski definition) is 4. The van der Waals surface area contributed by atoms with Gasteiger partial charge in [0.25, 0.3) is 0 Å². The molecule has 1 aromatic heterocycles. The third-order valence-electron chi connectivity index (χ3n) is 4.39. The lowest BCUT2D eigenvalue weighted by Crippen LogP contribution is -2.29. The van der Waals surface area contributed by atoms with Crippen LogP contribution in [0.4, 0.5) is 11.5 Å². The molecule has 4 nitrogen and oxygen atoms in total. The van der Waals surface area contributed by atoms with Crippen molar-refractivity contribution in [1.29, 1.82) is 0 Å². The van der Waals surface area contributed by atoms with E-state index >= 15 is 0 Å².